The first-order valence-electron chi connectivity index (χ1n) is 6.44. The number of hydrogen-bond donors (Lipinski definition) is 1. The Morgan fingerprint density at radius 1 is 1.47 bits per heavy atom. The monoisotopic (exact) mass is 267 g/mol. The van der Waals surface area contributed by atoms with Gasteiger partial charge in [0.1, 0.15) is 6.54 Å². The lowest BCUT2D eigenvalue weighted by atomic mass is 10.2. The average Bonchev–Trinajstić information content (AvgIpc) is 2.35. The molecule has 0 aliphatic heterocycles. The summed E-state index contributed by atoms with van der Waals surface area (Å²) in [5, 5.41) is 8.95. The SMILES string of the molecule is CCCOc1cncc(N(CC(=O)O)CC(C)C)n1. The fraction of sp³-hybridized carbons (Fsp3) is 0.615. The fourth-order valence-corrected chi connectivity index (χ4v) is 1.61. The van der Waals surface area contributed by atoms with E-state index in [-0.39, 0.29) is 6.54 Å². The van der Waals surface area contributed by atoms with Gasteiger partial charge in [0.2, 0.25) is 5.88 Å². The van der Waals surface area contributed by atoms with Crippen LogP contribution in [0.25, 0.3) is 0 Å². The highest BCUT2D eigenvalue weighted by atomic mass is 16.5. The number of aliphatic carboxylic acids is 1. The van der Waals surface area contributed by atoms with E-state index in [9.17, 15) is 4.79 Å². The molecule has 0 bridgehead atoms. The lowest BCUT2D eigenvalue weighted by Crippen LogP contribution is -2.33. The Morgan fingerprint density at radius 2 is 2.21 bits per heavy atom. The molecule has 0 spiro atoms. The maximum Gasteiger partial charge on any atom is 0.323 e. The maximum atomic E-state index is 10.9. The number of carbonyl (C=O) groups is 1. The van der Waals surface area contributed by atoms with Gasteiger partial charge in [0.25, 0.3) is 0 Å². The first-order valence-corrected chi connectivity index (χ1v) is 6.44. The van der Waals surface area contributed by atoms with Crippen LogP contribution in [0.3, 0.4) is 0 Å². The first-order chi connectivity index (χ1) is 9.02. The van der Waals surface area contributed by atoms with Gasteiger partial charge in [-0.1, -0.05) is 20.8 Å². The zero-order chi connectivity index (χ0) is 14.3. The van der Waals surface area contributed by atoms with Gasteiger partial charge in [-0.05, 0) is 12.3 Å². The predicted molar refractivity (Wildman–Crippen MR) is 72.5 cm³/mol. The molecule has 0 saturated heterocycles. The maximum absolute atomic E-state index is 10.9. The fourth-order valence-electron chi connectivity index (χ4n) is 1.61. The molecule has 6 heteroatoms. The van der Waals surface area contributed by atoms with Crippen LogP contribution in [0.5, 0.6) is 5.88 Å². The molecule has 0 atom stereocenters. The lowest BCUT2D eigenvalue weighted by molar-refractivity contribution is -0.135. The van der Waals surface area contributed by atoms with E-state index >= 15 is 0 Å². The third kappa shape index (κ3) is 5.54. The van der Waals surface area contributed by atoms with Crippen molar-refractivity contribution in [3.8, 4) is 5.88 Å². The van der Waals surface area contributed by atoms with Crippen molar-refractivity contribution in [2.24, 2.45) is 5.92 Å². The number of nitrogens with zero attached hydrogens (tertiary/aromatic N) is 3. The van der Waals surface area contributed by atoms with E-state index in [4.69, 9.17) is 9.84 Å². The van der Waals surface area contributed by atoms with Crippen molar-refractivity contribution in [1.82, 2.24) is 9.97 Å². The van der Waals surface area contributed by atoms with Crippen LogP contribution in [0.4, 0.5) is 5.82 Å². The quantitative estimate of drug-likeness (QED) is 0.774. The van der Waals surface area contributed by atoms with Crippen molar-refractivity contribution in [2.75, 3.05) is 24.6 Å². The smallest absolute Gasteiger partial charge is 0.323 e. The van der Waals surface area contributed by atoms with Crippen LogP contribution in [-0.2, 0) is 4.79 Å². The van der Waals surface area contributed by atoms with Crippen LogP contribution in [0.15, 0.2) is 12.4 Å². The van der Waals surface area contributed by atoms with Gasteiger partial charge < -0.3 is 14.7 Å². The Labute approximate surface area is 113 Å². The third-order valence-electron chi connectivity index (χ3n) is 2.29. The van der Waals surface area contributed by atoms with E-state index in [0.29, 0.717) is 30.8 Å². The van der Waals surface area contributed by atoms with Gasteiger partial charge >= 0.3 is 5.97 Å². The molecule has 19 heavy (non-hydrogen) atoms. The second-order valence-corrected chi connectivity index (χ2v) is 4.73. The van der Waals surface area contributed by atoms with Crippen LogP contribution in [0.1, 0.15) is 27.2 Å². The number of carboxylic acid groups (broad SMARTS) is 1. The van der Waals surface area contributed by atoms with Crippen molar-refractivity contribution in [3.05, 3.63) is 12.4 Å². The molecule has 1 heterocycles. The molecule has 0 unspecified atom stereocenters. The summed E-state index contributed by atoms with van der Waals surface area (Å²) in [5.41, 5.74) is 0. The van der Waals surface area contributed by atoms with Crippen LogP contribution in [-0.4, -0.2) is 40.7 Å². The molecule has 0 aromatic carbocycles. The zero-order valence-corrected chi connectivity index (χ0v) is 11.7. The van der Waals surface area contributed by atoms with Gasteiger partial charge in [0.15, 0.2) is 5.82 Å². The predicted octanol–water partition coefficient (Wildman–Crippen LogP) is 1.81. The summed E-state index contributed by atoms with van der Waals surface area (Å²) in [7, 11) is 0. The van der Waals surface area contributed by atoms with Crippen molar-refractivity contribution >= 4 is 11.8 Å². The molecule has 0 aliphatic rings. The summed E-state index contributed by atoms with van der Waals surface area (Å²) in [5.74, 6) is 0.409. The highest BCUT2D eigenvalue weighted by molar-refractivity contribution is 5.73. The topological polar surface area (TPSA) is 75.5 Å². The molecule has 106 valence electrons. The van der Waals surface area contributed by atoms with Crippen molar-refractivity contribution in [1.29, 1.82) is 0 Å². The summed E-state index contributed by atoms with van der Waals surface area (Å²) >= 11 is 0. The number of hydrogen-bond acceptors (Lipinski definition) is 5. The minimum atomic E-state index is -0.887. The zero-order valence-electron chi connectivity index (χ0n) is 11.7. The third-order valence-corrected chi connectivity index (χ3v) is 2.29. The molecule has 0 fully saturated rings. The second kappa shape index (κ2) is 7.56. The molecule has 6 nitrogen and oxygen atoms in total. The largest absolute Gasteiger partial charge is 0.480 e. The molecule has 0 radical (unpaired) electrons. The number of aromatic nitrogens is 2. The van der Waals surface area contributed by atoms with Crippen LogP contribution >= 0.6 is 0 Å². The van der Waals surface area contributed by atoms with Gasteiger partial charge in [-0.15, -0.1) is 0 Å². The highest BCUT2D eigenvalue weighted by Gasteiger charge is 2.14. The van der Waals surface area contributed by atoms with Gasteiger partial charge in [-0.3, -0.25) is 9.78 Å². The van der Waals surface area contributed by atoms with E-state index in [0.717, 1.165) is 6.42 Å². The van der Waals surface area contributed by atoms with E-state index in [2.05, 4.69) is 9.97 Å². The van der Waals surface area contributed by atoms with Gasteiger partial charge in [-0.2, -0.15) is 4.98 Å². The van der Waals surface area contributed by atoms with Crippen molar-refractivity contribution < 1.29 is 14.6 Å². The molecule has 1 rings (SSSR count). The van der Waals surface area contributed by atoms with Gasteiger partial charge in [-0.25, -0.2) is 0 Å². The molecule has 1 aromatic heterocycles. The molecular weight excluding hydrogens is 246 g/mol. The van der Waals surface area contributed by atoms with E-state index < -0.39 is 5.97 Å². The molecular formula is C13H21N3O3. The number of carboxylic acids is 1. The number of anilines is 1. The number of ether oxygens (including phenoxy) is 1. The summed E-state index contributed by atoms with van der Waals surface area (Å²) in [6, 6.07) is 0. The van der Waals surface area contributed by atoms with E-state index in [1.165, 1.54) is 6.20 Å². The van der Waals surface area contributed by atoms with Gasteiger partial charge in [0, 0.05) is 6.54 Å². The molecule has 0 amide bonds. The van der Waals surface area contributed by atoms with Crippen molar-refractivity contribution in [3.63, 3.8) is 0 Å². The second-order valence-electron chi connectivity index (χ2n) is 4.73. The molecule has 1 N–H and O–H groups in total. The Balaban J connectivity index is 2.84. The normalized spacial score (nSPS) is 10.5. The Hall–Kier alpha value is -1.85. The molecule has 0 saturated carbocycles. The Kier molecular flexibility index (Phi) is 6.05. The minimum Gasteiger partial charge on any atom is -0.480 e. The van der Waals surface area contributed by atoms with Gasteiger partial charge in [0.05, 0.1) is 19.0 Å². The van der Waals surface area contributed by atoms with Crippen LogP contribution in [0.2, 0.25) is 0 Å². The Bertz CT molecular complexity index is 410. The summed E-state index contributed by atoms with van der Waals surface area (Å²) < 4.78 is 5.41. The van der Waals surface area contributed by atoms with E-state index in [1.54, 1.807) is 11.1 Å². The summed E-state index contributed by atoms with van der Waals surface area (Å²) in [6.07, 6.45) is 3.98. The Morgan fingerprint density at radius 3 is 2.79 bits per heavy atom. The van der Waals surface area contributed by atoms with Crippen molar-refractivity contribution in [2.45, 2.75) is 27.2 Å². The van der Waals surface area contributed by atoms with Crippen LogP contribution in [0, 0.1) is 5.92 Å². The standard InChI is InChI=1S/C13H21N3O3/c1-4-5-19-12-7-14-6-11(15-12)16(8-10(2)3)9-13(17)18/h6-7,10H,4-5,8-9H2,1-3H3,(H,17,18). The summed E-state index contributed by atoms with van der Waals surface area (Å²) in [4.78, 5) is 20.9. The summed E-state index contributed by atoms with van der Waals surface area (Å²) in [6.45, 7) is 7.15. The number of rotatable bonds is 8. The molecule has 1 aromatic rings. The average molecular weight is 267 g/mol. The van der Waals surface area contributed by atoms with Crippen LogP contribution < -0.4 is 9.64 Å². The lowest BCUT2D eigenvalue weighted by Gasteiger charge is -2.23. The highest BCUT2D eigenvalue weighted by Crippen LogP contribution is 2.15. The van der Waals surface area contributed by atoms with E-state index in [1.807, 2.05) is 20.8 Å². The molecule has 0 aliphatic carbocycles. The first kappa shape index (κ1) is 15.2. The minimum absolute atomic E-state index is 0.0932.